The third-order valence-electron chi connectivity index (χ3n) is 5.10. The van der Waals surface area contributed by atoms with Crippen molar-refractivity contribution >= 4 is 21.7 Å². The lowest BCUT2D eigenvalue weighted by Crippen LogP contribution is -2.28. The first-order valence-electron chi connectivity index (χ1n) is 10.2. The summed E-state index contributed by atoms with van der Waals surface area (Å²) in [6.07, 6.45) is 0.597. The number of carboxylic acid groups (broad SMARTS) is 1. The fraction of sp³-hybridized carbons (Fsp3) is 0.208. The number of phenolic OH excluding ortho intramolecular Hbond substituents is 1. The first kappa shape index (κ1) is 24.2. The average Bonchev–Trinajstić information content (AvgIpc) is 2.77. The number of anilines is 1. The van der Waals surface area contributed by atoms with Crippen LogP contribution in [0, 0.1) is 0 Å². The van der Waals surface area contributed by atoms with E-state index in [9.17, 15) is 23.4 Å². The van der Waals surface area contributed by atoms with Crippen LogP contribution in [0.5, 0.6) is 5.75 Å². The van der Waals surface area contributed by atoms with Gasteiger partial charge in [0, 0.05) is 12.6 Å². The monoisotopic (exact) mass is 470 g/mol. The molecular weight excluding hydrogens is 444 g/mol. The van der Waals surface area contributed by atoms with E-state index in [0.717, 1.165) is 17.4 Å². The van der Waals surface area contributed by atoms with Crippen molar-refractivity contribution in [2.45, 2.75) is 18.6 Å². The SMILES string of the molecule is CS(=O)(=O)Nc1cc([C@@H](O)CNC(Cc2ccccc2)c2ccc(C(=O)O)cc2)ccc1O. The molecule has 33 heavy (non-hydrogen) atoms. The van der Waals surface area contributed by atoms with E-state index in [1.165, 1.54) is 30.3 Å². The van der Waals surface area contributed by atoms with Crippen LogP contribution in [0.4, 0.5) is 5.69 Å². The second-order valence-electron chi connectivity index (χ2n) is 7.74. The molecular formula is C24H26N2O6S. The summed E-state index contributed by atoms with van der Waals surface area (Å²) in [7, 11) is -3.60. The van der Waals surface area contributed by atoms with E-state index in [-0.39, 0.29) is 29.6 Å². The highest BCUT2D eigenvalue weighted by Crippen LogP contribution is 2.28. The normalized spacial score (nSPS) is 13.3. The summed E-state index contributed by atoms with van der Waals surface area (Å²) in [5.74, 6) is -1.25. The number of carboxylic acids is 1. The molecule has 9 heteroatoms. The van der Waals surface area contributed by atoms with Crippen molar-refractivity contribution in [3.05, 3.63) is 95.1 Å². The molecule has 0 aliphatic rings. The zero-order chi connectivity index (χ0) is 24.0. The number of benzene rings is 3. The van der Waals surface area contributed by atoms with E-state index < -0.39 is 22.1 Å². The zero-order valence-electron chi connectivity index (χ0n) is 18.0. The van der Waals surface area contributed by atoms with Gasteiger partial charge in [-0.15, -0.1) is 0 Å². The van der Waals surface area contributed by atoms with Gasteiger partial charge in [-0.1, -0.05) is 48.5 Å². The summed E-state index contributed by atoms with van der Waals surface area (Å²) in [5, 5.41) is 33.1. The van der Waals surface area contributed by atoms with Gasteiger partial charge in [-0.25, -0.2) is 13.2 Å². The largest absolute Gasteiger partial charge is 0.506 e. The minimum absolute atomic E-state index is 0.0147. The Morgan fingerprint density at radius 1 is 0.970 bits per heavy atom. The van der Waals surface area contributed by atoms with Crippen molar-refractivity contribution in [3.8, 4) is 5.75 Å². The summed E-state index contributed by atoms with van der Waals surface area (Å²) in [5.41, 5.74) is 2.52. The molecule has 2 atom stereocenters. The molecule has 0 aromatic heterocycles. The fourth-order valence-corrected chi connectivity index (χ4v) is 3.99. The molecule has 174 valence electrons. The number of hydrogen-bond donors (Lipinski definition) is 5. The molecule has 0 saturated heterocycles. The van der Waals surface area contributed by atoms with Gasteiger partial charge in [-0.2, -0.15) is 0 Å². The van der Waals surface area contributed by atoms with Gasteiger partial charge in [0.2, 0.25) is 10.0 Å². The lowest BCUT2D eigenvalue weighted by molar-refractivity contribution is 0.0697. The van der Waals surface area contributed by atoms with Crippen molar-refractivity contribution < 1.29 is 28.5 Å². The molecule has 0 bridgehead atoms. The van der Waals surface area contributed by atoms with Crippen LogP contribution in [0.25, 0.3) is 0 Å². The predicted molar refractivity (Wildman–Crippen MR) is 126 cm³/mol. The summed E-state index contributed by atoms with van der Waals surface area (Å²) in [6.45, 7) is 0.140. The highest BCUT2D eigenvalue weighted by Gasteiger charge is 2.17. The van der Waals surface area contributed by atoms with Crippen LogP contribution in [0.1, 0.15) is 39.2 Å². The Labute approximate surface area is 192 Å². The van der Waals surface area contributed by atoms with Crippen molar-refractivity contribution in [3.63, 3.8) is 0 Å². The summed E-state index contributed by atoms with van der Waals surface area (Å²) in [6, 6.07) is 20.3. The second-order valence-corrected chi connectivity index (χ2v) is 9.49. The number of sulfonamides is 1. The number of aromatic hydroxyl groups is 1. The van der Waals surface area contributed by atoms with Gasteiger partial charge in [-0.05, 0) is 47.4 Å². The Hall–Kier alpha value is -3.40. The van der Waals surface area contributed by atoms with E-state index in [2.05, 4.69) is 10.0 Å². The lowest BCUT2D eigenvalue weighted by atomic mass is 9.97. The van der Waals surface area contributed by atoms with E-state index >= 15 is 0 Å². The number of nitrogens with one attached hydrogen (secondary N) is 2. The first-order chi connectivity index (χ1) is 15.6. The van der Waals surface area contributed by atoms with E-state index in [0.29, 0.717) is 12.0 Å². The van der Waals surface area contributed by atoms with E-state index in [1.54, 1.807) is 12.1 Å². The Bertz CT molecular complexity index is 1200. The van der Waals surface area contributed by atoms with Gasteiger partial charge in [-0.3, -0.25) is 4.72 Å². The number of aliphatic hydroxyl groups excluding tert-OH is 1. The van der Waals surface area contributed by atoms with Crippen molar-refractivity contribution in [1.82, 2.24) is 5.32 Å². The molecule has 0 spiro atoms. The quantitative estimate of drug-likeness (QED) is 0.287. The van der Waals surface area contributed by atoms with E-state index in [1.807, 2.05) is 30.3 Å². The van der Waals surface area contributed by atoms with Crippen LogP contribution in [-0.2, 0) is 16.4 Å². The average molecular weight is 471 g/mol. The number of hydrogen-bond acceptors (Lipinski definition) is 6. The maximum Gasteiger partial charge on any atom is 0.335 e. The van der Waals surface area contributed by atoms with Gasteiger partial charge >= 0.3 is 5.97 Å². The fourth-order valence-electron chi connectivity index (χ4n) is 3.43. The van der Waals surface area contributed by atoms with Crippen molar-refractivity contribution in [1.29, 1.82) is 0 Å². The predicted octanol–water partition coefficient (Wildman–Crippen LogP) is 3.07. The van der Waals surface area contributed by atoms with E-state index in [4.69, 9.17) is 5.11 Å². The second kappa shape index (κ2) is 10.5. The minimum Gasteiger partial charge on any atom is -0.506 e. The zero-order valence-corrected chi connectivity index (χ0v) is 18.8. The van der Waals surface area contributed by atoms with Gasteiger partial charge in [0.1, 0.15) is 5.75 Å². The van der Waals surface area contributed by atoms with Crippen LogP contribution in [0.2, 0.25) is 0 Å². The molecule has 3 rings (SSSR count). The Kier molecular flexibility index (Phi) is 7.70. The highest BCUT2D eigenvalue weighted by atomic mass is 32.2. The van der Waals surface area contributed by atoms with Crippen molar-refractivity contribution in [2.24, 2.45) is 0 Å². The minimum atomic E-state index is -3.60. The molecule has 3 aromatic carbocycles. The smallest absolute Gasteiger partial charge is 0.335 e. The summed E-state index contributed by atoms with van der Waals surface area (Å²) in [4.78, 5) is 11.2. The number of phenols is 1. The molecule has 0 aliphatic heterocycles. The molecule has 0 radical (unpaired) electrons. The molecule has 5 N–H and O–H groups in total. The van der Waals surface area contributed by atoms with Crippen LogP contribution >= 0.6 is 0 Å². The van der Waals surface area contributed by atoms with Gasteiger partial charge in [0.05, 0.1) is 23.6 Å². The number of rotatable bonds is 10. The Balaban J connectivity index is 1.78. The van der Waals surface area contributed by atoms with Gasteiger partial charge in [0.25, 0.3) is 0 Å². The molecule has 3 aromatic rings. The lowest BCUT2D eigenvalue weighted by Gasteiger charge is -2.22. The highest BCUT2D eigenvalue weighted by molar-refractivity contribution is 7.92. The topological polar surface area (TPSA) is 136 Å². The molecule has 1 unspecified atom stereocenters. The number of carbonyl (C=O) groups is 1. The van der Waals surface area contributed by atoms with Gasteiger partial charge < -0.3 is 20.6 Å². The summed E-state index contributed by atoms with van der Waals surface area (Å²) < 4.78 is 25.2. The van der Waals surface area contributed by atoms with Crippen LogP contribution in [0.3, 0.4) is 0 Å². The molecule has 0 amide bonds. The third-order valence-corrected chi connectivity index (χ3v) is 5.69. The standard InChI is InChI=1S/C24H26N2O6S/c1-33(31,32)26-21-14-19(11-12-22(21)27)23(28)15-25-20(13-16-5-3-2-4-6-16)17-7-9-18(10-8-17)24(29)30/h2-12,14,20,23,25-28H,13,15H2,1H3,(H,29,30)/t20?,23-/m0/s1. The number of aromatic carboxylic acids is 1. The number of aliphatic hydroxyl groups is 1. The third kappa shape index (κ3) is 7.04. The maximum absolute atomic E-state index is 11.5. The molecule has 0 fully saturated rings. The molecule has 0 aliphatic carbocycles. The molecule has 0 saturated carbocycles. The Morgan fingerprint density at radius 3 is 2.21 bits per heavy atom. The Morgan fingerprint density at radius 2 is 1.61 bits per heavy atom. The maximum atomic E-state index is 11.5. The van der Waals surface area contributed by atoms with Crippen molar-refractivity contribution in [2.75, 3.05) is 17.5 Å². The van der Waals surface area contributed by atoms with Crippen LogP contribution in [0.15, 0.2) is 72.8 Å². The molecule has 8 nitrogen and oxygen atoms in total. The van der Waals surface area contributed by atoms with Crippen LogP contribution < -0.4 is 10.0 Å². The van der Waals surface area contributed by atoms with Crippen LogP contribution in [-0.4, -0.2) is 42.5 Å². The first-order valence-corrected chi connectivity index (χ1v) is 12.1. The molecule has 0 heterocycles. The summed E-state index contributed by atoms with van der Waals surface area (Å²) >= 11 is 0. The van der Waals surface area contributed by atoms with Gasteiger partial charge in [0.15, 0.2) is 0 Å².